The van der Waals surface area contributed by atoms with E-state index in [0.717, 1.165) is 0 Å². The van der Waals surface area contributed by atoms with Crippen LogP contribution in [0.5, 0.6) is 0 Å². The summed E-state index contributed by atoms with van der Waals surface area (Å²) >= 11 is 0. The summed E-state index contributed by atoms with van der Waals surface area (Å²) in [5.41, 5.74) is -0.769. The molecule has 1 saturated heterocycles. The van der Waals surface area contributed by atoms with E-state index in [0.29, 0.717) is 5.56 Å². The van der Waals surface area contributed by atoms with Gasteiger partial charge in [-0.1, -0.05) is 30.3 Å². The second-order valence-corrected chi connectivity index (χ2v) is 3.34. The molecule has 1 aromatic rings. The SMILES string of the molecule is O=C1NC(=O)C(CO)(c2ccccc2)N1. The van der Waals surface area contributed by atoms with Gasteiger partial charge in [-0.15, -0.1) is 0 Å². The number of rotatable bonds is 2. The van der Waals surface area contributed by atoms with Crippen LogP contribution in [0.4, 0.5) is 4.79 Å². The van der Waals surface area contributed by atoms with E-state index in [1.165, 1.54) is 0 Å². The quantitative estimate of drug-likeness (QED) is 0.582. The Morgan fingerprint density at radius 3 is 2.33 bits per heavy atom. The van der Waals surface area contributed by atoms with Gasteiger partial charge in [0.2, 0.25) is 0 Å². The molecule has 2 rings (SSSR count). The molecular formula is C10H10N2O3. The average Bonchev–Trinajstić information content (AvgIpc) is 2.56. The van der Waals surface area contributed by atoms with Crippen LogP contribution in [0.3, 0.4) is 0 Å². The van der Waals surface area contributed by atoms with Crippen LogP contribution in [0.1, 0.15) is 5.56 Å². The molecule has 1 aromatic carbocycles. The molecule has 0 aromatic heterocycles. The average molecular weight is 206 g/mol. The Bertz CT molecular complexity index is 404. The van der Waals surface area contributed by atoms with Crippen LogP contribution < -0.4 is 10.6 Å². The number of aliphatic hydroxyl groups is 1. The second-order valence-electron chi connectivity index (χ2n) is 3.34. The summed E-state index contributed by atoms with van der Waals surface area (Å²) in [6, 6.07) is 8.05. The molecule has 0 radical (unpaired) electrons. The van der Waals surface area contributed by atoms with E-state index in [2.05, 4.69) is 10.6 Å². The fraction of sp³-hybridized carbons (Fsp3) is 0.200. The van der Waals surface area contributed by atoms with Crippen molar-refractivity contribution in [3.63, 3.8) is 0 Å². The summed E-state index contributed by atoms with van der Waals surface area (Å²) < 4.78 is 0. The third kappa shape index (κ3) is 1.37. The van der Waals surface area contributed by atoms with Crippen molar-refractivity contribution in [3.8, 4) is 0 Å². The zero-order valence-corrected chi connectivity index (χ0v) is 7.86. The number of aliphatic hydroxyl groups excluding tert-OH is 1. The van der Waals surface area contributed by atoms with Gasteiger partial charge in [-0.3, -0.25) is 10.1 Å². The highest BCUT2D eigenvalue weighted by molar-refractivity contribution is 6.07. The summed E-state index contributed by atoms with van der Waals surface area (Å²) in [5.74, 6) is -0.527. The van der Waals surface area contributed by atoms with Crippen LogP contribution in [0.15, 0.2) is 30.3 Å². The molecule has 1 fully saturated rings. The molecule has 3 amide bonds. The first-order valence-corrected chi connectivity index (χ1v) is 4.49. The van der Waals surface area contributed by atoms with E-state index >= 15 is 0 Å². The highest BCUT2D eigenvalue weighted by atomic mass is 16.3. The molecule has 1 aliphatic heterocycles. The van der Waals surface area contributed by atoms with Gasteiger partial charge in [0, 0.05) is 0 Å². The van der Waals surface area contributed by atoms with E-state index in [4.69, 9.17) is 0 Å². The number of nitrogens with one attached hydrogen (secondary N) is 2. The molecule has 5 nitrogen and oxygen atoms in total. The van der Waals surface area contributed by atoms with E-state index in [-0.39, 0.29) is 0 Å². The molecule has 1 aliphatic rings. The highest BCUT2D eigenvalue weighted by Crippen LogP contribution is 2.23. The molecule has 0 saturated carbocycles. The maximum Gasteiger partial charge on any atom is 0.322 e. The van der Waals surface area contributed by atoms with E-state index in [9.17, 15) is 14.7 Å². The topological polar surface area (TPSA) is 78.4 Å². The van der Waals surface area contributed by atoms with Crippen molar-refractivity contribution in [3.05, 3.63) is 35.9 Å². The van der Waals surface area contributed by atoms with E-state index in [1.54, 1.807) is 30.3 Å². The molecule has 1 atom stereocenters. The number of imide groups is 1. The van der Waals surface area contributed by atoms with Gasteiger partial charge in [0.1, 0.15) is 0 Å². The summed E-state index contributed by atoms with van der Waals surface area (Å²) in [5, 5.41) is 13.8. The number of carbonyl (C=O) groups excluding carboxylic acids is 2. The molecule has 78 valence electrons. The van der Waals surface area contributed by atoms with Gasteiger partial charge in [0.05, 0.1) is 6.61 Å². The van der Waals surface area contributed by atoms with E-state index in [1.807, 2.05) is 0 Å². The van der Waals surface area contributed by atoms with Crippen LogP contribution in [0.25, 0.3) is 0 Å². The van der Waals surface area contributed by atoms with E-state index < -0.39 is 24.1 Å². The molecule has 0 spiro atoms. The van der Waals surface area contributed by atoms with Crippen molar-refractivity contribution < 1.29 is 14.7 Å². The summed E-state index contributed by atoms with van der Waals surface area (Å²) in [6.07, 6.45) is 0. The standard InChI is InChI=1S/C10H10N2O3/c13-6-10(7-4-2-1-3-5-7)8(14)11-9(15)12-10/h1-5,13H,6H2,(H2,11,12,14,15). The van der Waals surface area contributed by atoms with Gasteiger partial charge in [-0.2, -0.15) is 0 Å². The number of carbonyl (C=O) groups is 2. The molecule has 0 bridgehead atoms. The van der Waals surface area contributed by atoms with Crippen molar-refractivity contribution in [1.82, 2.24) is 10.6 Å². The van der Waals surface area contributed by atoms with Crippen molar-refractivity contribution >= 4 is 11.9 Å². The number of amides is 3. The molecule has 0 aliphatic carbocycles. The number of benzene rings is 1. The molecule has 5 heteroatoms. The van der Waals surface area contributed by atoms with Gasteiger partial charge < -0.3 is 10.4 Å². The lowest BCUT2D eigenvalue weighted by atomic mass is 9.91. The minimum Gasteiger partial charge on any atom is -0.393 e. The highest BCUT2D eigenvalue weighted by Gasteiger charge is 2.47. The van der Waals surface area contributed by atoms with Crippen LogP contribution >= 0.6 is 0 Å². The maximum atomic E-state index is 11.6. The fourth-order valence-electron chi connectivity index (χ4n) is 1.62. The molecule has 1 heterocycles. The first-order valence-electron chi connectivity index (χ1n) is 4.49. The van der Waals surface area contributed by atoms with Crippen LogP contribution in [0, 0.1) is 0 Å². The third-order valence-corrected chi connectivity index (χ3v) is 2.45. The summed E-state index contributed by atoms with van der Waals surface area (Å²) in [7, 11) is 0. The minimum atomic E-state index is -1.33. The van der Waals surface area contributed by atoms with Crippen molar-refractivity contribution in [1.29, 1.82) is 0 Å². The number of hydrogen-bond donors (Lipinski definition) is 3. The Morgan fingerprint density at radius 2 is 1.87 bits per heavy atom. The predicted molar refractivity (Wildman–Crippen MR) is 51.9 cm³/mol. The lowest BCUT2D eigenvalue weighted by Gasteiger charge is -2.23. The van der Waals surface area contributed by atoms with Crippen LogP contribution in [0.2, 0.25) is 0 Å². The van der Waals surface area contributed by atoms with Crippen molar-refractivity contribution in [2.45, 2.75) is 5.54 Å². The first kappa shape index (κ1) is 9.67. The summed E-state index contributed by atoms with van der Waals surface area (Å²) in [4.78, 5) is 22.6. The molecule has 1 unspecified atom stereocenters. The molecule has 3 N–H and O–H groups in total. The normalized spacial score (nSPS) is 24.9. The first-order chi connectivity index (χ1) is 7.19. The monoisotopic (exact) mass is 206 g/mol. The van der Waals surface area contributed by atoms with Gasteiger partial charge >= 0.3 is 6.03 Å². The van der Waals surface area contributed by atoms with Crippen LogP contribution in [-0.2, 0) is 10.3 Å². The number of urea groups is 1. The Labute approximate surface area is 86.1 Å². The Hall–Kier alpha value is -1.88. The minimum absolute atomic E-state index is 0.464. The Balaban J connectivity index is 2.47. The number of hydrogen-bond acceptors (Lipinski definition) is 3. The fourth-order valence-corrected chi connectivity index (χ4v) is 1.62. The lowest BCUT2D eigenvalue weighted by molar-refractivity contribution is -0.125. The summed E-state index contributed by atoms with van der Waals surface area (Å²) in [6.45, 7) is -0.464. The van der Waals surface area contributed by atoms with Crippen LogP contribution in [-0.4, -0.2) is 23.7 Å². The second kappa shape index (κ2) is 3.36. The predicted octanol–water partition coefficient (Wildman–Crippen LogP) is -0.286. The zero-order chi connectivity index (χ0) is 10.9. The molecular weight excluding hydrogens is 196 g/mol. The van der Waals surface area contributed by atoms with Gasteiger partial charge in [0.15, 0.2) is 5.54 Å². The van der Waals surface area contributed by atoms with Gasteiger partial charge in [-0.05, 0) is 5.56 Å². The Morgan fingerprint density at radius 1 is 1.20 bits per heavy atom. The third-order valence-electron chi connectivity index (χ3n) is 2.45. The van der Waals surface area contributed by atoms with Crippen molar-refractivity contribution in [2.24, 2.45) is 0 Å². The zero-order valence-electron chi connectivity index (χ0n) is 7.86. The smallest absolute Gasteiger partial charge is 0.322 e. The Kier molecular flexibility index (Phi) is 2.17. The molecule has 15 heavy (non-hydrogen) atoms. The van der Waals surface area contributed by atoms with Gasteiger partial charge in [0.25, 0.3) is 5.91 Å². The maximum absolute atomic E-state index is 11.6. The van der Waals surface area contributed by atoms with Gasteiger partial charge in [-0.25, -0.2) is 4.79 Å². The lowest BCUT2D eigenvalue weighted by Crippen LogP contribution is -2.47. The van der Waals surface area contributed by atoms with Crippen molar-refractivity contribution in [2.75, 3.05) is 6.61 Å². The largest absolute Gasteiger partial charge is 0.393 e.